The lowest BCUT2D eigenvalue weighted by molar-refractivity contribution is 0.214. The van der Waals surface area contributed by atoms with E-state index in [0.717, 1.165) is 28.0 Å². The lowest BCUT2D eigenvalue weighted by Gasteiger charge is -1.99. The van der Waals surface area contributed by atoms with Crippen LogP contribution in [0.3, 0.4) is 0 Å². The van der Waals surface area contributed by atoms with Gasteiger partial charge in [-0.2, -0.15) is 9.90 Å². The molecular weight excluding hydrogens is 342 g/mol. The van der Waals surface area contributed by atoms with Crippen molar-refractivity contribution in [3.63, 3.8) is 0 Å². The second-order valence-corrected chi connectivity index (χ2v) is 5.73. The Labute approximate surface area is 147 Å². The first-order valence-corrected chi connectivity index (χ1v) is 7.88. The average Bonchev–Trinajstić information content (AvgIpc) is 3.17. The molecule has 7 heteroatoms. The van der Waals surface area contributed by atoms with Crippen LogP contribution >= 0.6 is 11.6 Å². The highest BCUT2D eigenvalue weighted by atomic mass is 35.5. The number of halogens is 1. The van der Waals surface area contributed by atoms with Gasteiger partial charge in [0.05, 0.1) is 11.4 Å². The molecular formula is C18H12ClN3O3. The summed E-state index contributed by atoms with van der Waals surface area (Å²) in [6.07, 6.45) is 0. The minimum absolute atomic E-state index is 0.0433. The fourth-order valence-electron chi connectivity index (χ4n) is 2.61. The monoisotopic (exact) mass is 353 g/mol. The number of benzene rings is 2. The molecule has 4 rings (SSSR count). The van der Waals surface area contributed by atoms with Crippen molar-refractivity contribution in [3.8, 4) is 22.9 Å². The maximum atomic E-state index is 10.8. The number of hydrogen-bond donors (Lipinski definition) is 0. The molecule has 2 aromatic heterocycles. The minimum atomic E-state index is -0.948. The van der Waals surface area contributed by atoms with Crippen molar-refractivity contribution in [1.82, 2.24) is 15.0 Å². The molecule has 6 nitrogen and oxygen atoms in total. The summed E-state index contributed by atoms with van der Waals surface area (Å²) in [5.74, 6) is 0.0433. The minimum Gasteiger partial charge on any atom is -0.425 e. The van der Waals surface area contributed by atoms with Gasteiger partial charge < -0.3 is 9.15 Å². The van der Waals surface area contributed by atoms with Gasteiger partial charge in [-0.05, 0) is 19.1 Å². The molecule has 0 N–H and O–H groups in total. The van der Waals surface area contributed by atoms with Crippen LogP contribution in [0.15, 0.2) is 59.0 Å². The van der Waals surface area contributed by atoms with Crippen LogP contribution < -0.4 is 4.74 Å². The van der Waals surface area contributed by atoms with Gasteiger partial charge in [0.2, 0.25) is 0 Å². The van der Waals surface area contributed by atoms with Crippen molar-refractivity contribution in [1.29, 1.82) is 0 Å². The molecule has 0 saturated heterocycles. The topological polar surface area (TPSA) is 70.2 Å². The van der Waals surface area contributed by atoms with Crippen molar-refractivity contribution >= 4 is 28.0 Å². The molecule has 2 aromatic carbocycles. The molecule has 0 amide bonds. The first-order valence-electron chi connectivity index (χ1n) is 7.51. The Bertz CT molecular complexity index is 1070. The molecule has 0 fully saturated rings. The first-order chi connectivity index (χ1) is 12.1. The van der Waals surface area contributed by atoms with Gasteiger partial charge in [-0.25, -0.2) is 4.79 Å². The van der Waals surface area contributed by atoms with Crippen molar-refractivity contribution in [2.75, 3.05) is 0 Å². The molecule has 124 valence electrons. The van der Waals surface area contributed by atoms with Crippen molar-refractivity contribution in [3.05, 3.63) is 60.3 Å². The SMILES string of the molecule is Cc1nn(-c2ccc3cc(OC(=O)Cl)oc3c2)nc1-c1ccccc1. The number of carbonyl (C=O) groups excluding carboxylic acids is 1. The molecule has 0 spiro atoms. The molecule has 0 aliphatic heterocycles. The van der Waals surface area contributed by atoms with Crippen LogP contribution in [0.1, 0.15) is 5.69 Å². The molecule has 25 heavy (non-hydrogen) atoms. The van der Waals surface area contributed by atoms with Crippen LogP contribution in [0.2, 0.25) is 0 Å². The molecule has 0 unspecified atom stereocenters. The Morgan fingerprint density at radius 1 is 1.12 bits per heavy atom. The van der Waals surface area contributed by atoms with Gasteiger partial charge in [-0.1, -0.05) is 30.3 Å². The summed E-state index contributed by atoms with van der Waals surface area (Å²) in [5, 5.41) is 9.83. The van der Waals surface area contributed by atoms with Gasteiger partial charge in [-0.3, -0.25) is 0 Å². The summed E-state index contributed by atoms with van der Waals surface area (Å²) in [7, 11) is 0. The van der Waals surface area contributed by atoms with E-state index in [1.807, 2.05) is 49.4 Å². The van der Waals surface area contributed by atoms with E-state index in [1.165, 1.54) is 0 Å². The normalized spacial score (nSPS) is 11.0. The van der Waals surface area contributed by atoms with Gasteiger partial charge in [0.25, 0.3) is 5.95 Å². The zero-order valence-electron chi connectivity index (χ0n) is 13.1. The molecule has 0 bridgehead atoms. The van der Waals surface area contributed by atoms with Crippen molar-refractivity contribution in [2.45, 2.75) is 6.92 Å². The van der Waals surface area contributed by atoms with Crippen LogP contribution in [0, 0.1) is 6.92 Å². The number of furan rings is 1. The van der Waals surface area contributed by atoms with Crippen LogP contribution in [0.5, 0.6) is 5.95 Å². The van der Waals surface area contributed by atoms with Gasteiger partial charge >= 0.3 is 5.43 Å². The predicted molar refractivity (Wildman–Crippen MR) is 93.2 cm³/mol. The van der Waals surface area contributed by atoms with E-state index >= 15 is 0 Å². The van der Waals surface area contributed by atoms with Gasteiger partial charge in [-0.15, -0.1) is 5.10 Å². The second kappa shape index (κ2) is 6.07. The largest absolute Gasteiger partial charge is 0.425 e. The standard InChI is InChI=1S/C18H12ClN3O3/c1-11-17(12-5-3-2-4-6-12)21-22(20-11)14-8-7-13-9-16(25-18(19)23)24-15(13)10-14/h2-10H,1H3. The highest BCUT2D eigenvalue weighted by Gasteiger charge is 2.13. The molecule has 0 aliphatic rings. The number of ether oxygens (including phenoxy) is 1. The Morgan fingerprint density at radius 2 is 1.92 bits per heavy atom. The number of hydrogen-bond acceptors (Lipinski definition) is 5. The maximum Gasteiger partial charge on any atom is 0.411 e. The Kier molecular flexibility index (Phi) is 3.74. The zero-order valence-corrected chi connectivity index (χ0v) is 13.9. The number of carbonyl (C=O) groups is 1. The molecule has 0 radical (unpaired) electrons. The molecule has 4 aromatic rings. The quantitative estimate of drug-likeness (QED) is 0.498. The van der Waals surface area contributed by atoms with Gasteiger partial charge in [0.15, 0.2) is 0 Å². The Hall–Kier alpha value is -3.12. The van der Waals surface area contributed by atoms with Crippen LogP contribution in [0.25, 0.3) is 27.9 Å². The third-order valence-electron chi connectivity index (χ3n) is 3.72. The maximum absolute atomic E-state index is 10.8. The Balaban J connectivity index is 1.73. The van der Waals surface area contributed by atoms with E-state index in [9.17, 15) is 4.79 Å². The summed E-state index contributed by atoms with van der Waals surface area (Å²) in [6, 6.07) is 16.9. The summed E-state index contributed by atoms with van der Waals surface area (Å²) in [4.78, 5) is 12.4. The molecule has 0 atom stereocenters. The smallest absolute Gasteiger partial charge is 0.411 e. The summed E-state index contributed by atoms with van der Waals surface area (Å²) < 4.78 is 10.2. The van der Waals surface area contributed by atoms with Gasteiger partial charge in [0.1, 0.15) is 11.3 Å². The summed E-state index contributed by atoms with van der Waals surface area (Å²) >= 11 is 5.20. The molecule has 2 heterocycles. The lowest BCUT2D eigenvalue weighted by Crippen LogP contribution is -1.98. The van der Waals surface area contributed by atoms with Crippen LogP contribution in [0.4, 0.5) is 4.79 Å². The summed E-state index contributed by atoms with van der Waals surface area (Å²) in [6.45, 7) is 1.91. The summed E-state index contributed by atoms with van der Waals surface area (Å²) in [5.41, 5.74) is 2.97. The van der Waals surface area contributed by atoms with Gasteiger partial charge in [0, 0.05) is 34.7 Å². The second-order valence-electron chi connectivity index (χ2n) is 5.42. The molecule has 0 aliphatic carbocycles. The van der Waals surface area contributed by atoms with E-state index in [2.05, 4.69) is 10.2 Å². The van der Waals surface area contributed by atoms with Crippen LogP contribution in [-0.2, 0) is 0 Å². The van der Waals surface area contributed by atoms with E-state index in [1.54, 1.807) is 16.9 Å². The fourth-order valence-corrected chi connectivity index (χ4v) is 2.68. The zero-order chi connectivity index (χ0) is 17.4. The van der Waals surface area contributed by atoms with E-state index < -0.39 is 5.43 Å². The molecule has 0 saturated carbocycles. The van der Waals surface area contributed by atoms with E-state index in [-0.39, 0.29) is 5.95 Å². The fraction of sp³-hybridized carbons (Fsp3) is 0.0556. The predicted octanol–water partition coefficient (Wildman–Crippen LogP) is 4.73. The number of nitrogens with zero attached hydrogens (tertiary/aromatic N) is 3. The number of fused-ring (bicyclic) bond motifs is 1. The lowest BCUT2D eigenvalue weighted by atomic mass is 10.1. The third-order valence-corrected chi connectivity index (χ3v) is 3.80. The van der Waals surface area contributed by atoms with E-state index in [0.29, 0.717) is 5.58 Å². The van der Waals surface area contributed by atoms with E-state index in [4.69, 9.17) is 20.8 Å². The highest BCUT2D eigenvalue weighted by Crippen LogP contribution is 2.28. The van der Waals surface area contributed by atoms with Crippen molar-refractivity contribution < 1.29 is 13.9 Å². The first kappa shape index (κ1) is 15.4. The number of aryl methyl sites for hydroxylation is 1. The Morgan fingerprint density at radius 3 is 2.68 bits per heavy atom. The average molecular weight is 354 g/mol. The number of aromatic nitrogens is 3. The third kappa shape index (κ3) is 2.99. The highest BCUT2D eigenvalue weighted by molar-refractivity contribution is 6.61. The number of rotatable bonds is 3. The van der Waals surface area contributed by atoms with Crippen LogP contribution in [-0.4, -0.2) is 20.4 Å². The van der Waals surface area contributed by atoms with Crippen molar-refractivity contribution in [2.24, 2.45) is 0 Å².